The Hall–Kier alpha value is -3.42. The van der Waals surface area contributed by atoms with E-state index < -0.39 is 42.4 Å². The highest BCUT2D eigenvalue weighted by Crippen LogP contribution is 2.27. The lowest BCUT2D eigenvalue weighted by Crippen LogP contribution is -2.47. The predicted molar refractivity (Wildman–Crippen MR) is 106 cm³/mol. The maximum Gasteiger partial charge on any atom is 0.329 e. The molecule has 3 rings (SSSR count). The zero-order valence-electron chi connectivity index (χ0n) is 17.1. The van der Waals surface area contributed by atoms with E-state index in [1.165, 1.54) is 6.26 Å². The fraction of sp³-hybridized carbons (Fsp3) is 0.364. The van der Waals surface area contributed by atoms with Crippen molar-refractivity contribution in [1.29, 1.82) is 0 Å². The van der Waals surface area contributed by atoms with E-state index in [1.807, 2.05) is 13.8 Å². The molecule has 8 heteroatoms. The minimum Gasteiger partial charge on any atom is -0.467 e. The van der Waals surface area contributed by atoms with Gasteiger partial charge in [-0.05, 0) is 43.5 Å². The molecule has 30 heavy (non-hydrogen) atoms. The van der Waals surface area contributed by atoms with Gasteiger partial charge in [0.05, 0.1) is 23.4 Å². The van der Waals surface area contributed by atoms with Crippen LogP contribution >= 0.6 is 0 Å². The van der Waals surface area contributed by atoms with Gasteiger partial charge in [-0.15, -0.1) is 0 Å². The summed E-state index contributed by atoms with van der Waals surface area (Å²) in [5, 5.41) is 2.66. The molecule has 3 amide bonds. The third kappa shape index (κ3) is 4.42. The second-order valence-electron chi connectivity index (χ2n) is 7.58. The van der Waals surface area contributed by atoms with Gasteiger partial charge in [0.15, 0.2) is 6.61 Å². The van der Waals surface area contributed by atoms with Crippen molar-refractivity contribution in [1.82, 2.24) is 10.2 Å². The van der Waals surface area contributed by atoms with E-state index in [2.05, 4.69) is 5.32 Å². The molecule has 1 N–H and O–H groups in total. The number of hydrogen-bond acceptors (Lipinski definition) is 6. The summed E-state index contributed by atoms with van der Waals surface area (Å²) in [6.07, 6.45) is 1.73. The summed E-state index contributed by atoms with van der Waals surface area (Å²) in [5.41, 5.74) is 0.517. The highest BCUT2D eigenvalue weighted by atomic mass is 16.5. The van der Waals surface area contributed by atoms with Crippen LogP contribution in [0.3, 0.4) is 0 Å². The molecule has 0 aliphatic carbocycles. The first kappa shape index (κ1) is 21.3. The lowest BCUT2D eigenvalue weighted by Gasteiger charge is -2.26. The number of rotatable bonds is 8. The van der Waals surface area contributed by atoms with Crippen LogP contribution in [-0.4, -0.2) is 41.2 Å². The first-order valence-electron chi connectivity index (χ1n) is 9.76. The van der Waals surface area contributed by atoms with Crippen LogP contribution in [0.4, 0.5) is 0 Å². The molecule has 0 saturated heterocycles. The average molecular weight is 412 g/mol. The number of carbonyl (C=O) groups is 4. The van der Waals surface area contributed by atoms with Crippen molar-refractivity contribution in [2.24, 2.45) is 5.92 Å². The number of nitrogens with zero attached hydrogens (tertiary/aromatic N) is 1. The monoisotopic (exact) mass is 412 g/mol. The molecule has 0 spiro atoms. The van der Waals surface area contributed by atoms with Gasteiger partial charge < -0.3 is 14.5 Å². The molecule has 8 nitrogen and oxygen atoms in total. The number of imide groups is 1. The predicted octanol–water partition coefficient (Wildman–Crippen LogP) is 2.71. The number of ether oxygens (including phenoxy) is 1. The van der Waals surface area contributed by atoms with E-state index in [4.69, 9.17) is 9.15 Å². The lowest BCUT2D eigenvalue weighted by atomic mass is 10.0. The third-order valence-electron chi connectivity index (χ3n) is 4.80. The molecule has 2 aromatic rings. The molecule has 0 unspecified atom stereocenters. The lowest BCUT2D eigenvalue weighted by molar-refractivity contribution is -0.153. The van der Waals surface area contributed by atoms with Gasteiger partial charge >= 0.3 is 5.97 Å². The van der Waals surface area contributed by atoms with Gasteiger partial charge in [-0.1, -0.05) is 26.0 Å². The van der Waals surface area contributed by atoms with Gasteiger partial charge in [0.1, 0.15) is 11.8 Å². The minimum absolute atomic E-state index is 0.0136. The van der Waals surface area contributed by atoms with Crippen molar-refractivity contribution in [2.45, 2.75) is 39.3 Å². The average Bonchev–Trinajstić information content (AvgIpc) is 3.33. The molecular formula is C22H24N2O6. The topological polar surface area (TPSA) is 106 Å². The molecule has 158 valence electrons. The highest BCUT2D eigenvalue weighted by Gasteiger charge is 2.43. The molecule has 1 aromatic heterocycles. The summed E-state index contributed by atoms with van der Waals surface area (Å²) in [7, 11) is 0. The van der Waals surface area contributed by atoms with Gasteiger partial charge in [-0.3, -0.25) is 19.3 Å². The van der Waals surface area contributed by atoms with Crippen molar-refractivity contribution in [2.75, 3.05) is 6.61 Å². The fourth-order valence-electron chi connectivity index (χ4n) is 3.37. The van der Waals surface area contributed by atoms with Crippen molar-refractivity contribution in [3.05, 3.63) is 59.5 Å². The summed E-state index contributed by atoms with van der Waals surface area (Å²) in [6, 6.07) is 8.35. The summed E-state index contributed by atoms with van der Waals surface area (Å²) in [6.45, 7) is 4.95. The fourth-order valence-corrected chi connectivity index (χ4v) is 3.37. The Morgan fingerprint density at radius 2 is 1.67 bits per heavy atom. The van der Waals surface area contributed by atoms with E-state index >= 15 is 0 Å². The summed E-state index contributed by atoms with van der Waals surface area (Å²) >= 11 is 0. The zero-order valence-corrected chi connectivity index (χ0v) is 17.1. The van der Waals surface area contributed by atoms with Crippen molar-refractivity contribution < 1.29 is 28.3 Å². The SMILES string of the molecule is CC(C)C[C@@H](C(=O)OCC(=O)N[C@@H](C)c1ccco1)N1C(=O)c2ccccc2C1=O. The Morgan fingerprint density at radius 3 is 2.20 bits per heavy atom. The van der Waals surface area contributed by atoms with Gasteiger partial charge in [0, 0.05) is 0 Å². The Labute approximate surface area is 174 Å². The molecule has 1 aromatic carbocycles. The van der Waals surface area contributed by atoms with E-state index in [0.717, 1.165) is 4.90 Å². The van der Waals surface area contributed by atoms with Crippen LogP contribution in [0.2, 0.25) is 0 Å². The van der Waals surface area contributed by atoms with E-state index in [9.17, 15) is 19.2 Å². The summed E-state index contributed by atoms with van der Waals surface area (Å²) < 4.78 is 10.4. The van der Waals surface area contributed by atoms with Crippen LogP contribution in [0, 0.1) is 5.92 Å². The van der Waals surface area contributed by atoms with Gasteiger partial charge in [0.25, 0.3) is 17.7 Å². The van der Waals surface area contributed by atoms with Crippen LogP contribution < -0.4 is 5.32 Å². The number of benzene rings is 1. The maximum atomic E-state index is 12.8. The molecule has 2 heterocycles. The standard InChI is InChI=1S/C22H24N2O6/c1-13(2)11-17(24-20(26)15-7-4-5-8-16(15)21(24)27)22(28)30-12-19(25)23-14(3)18-9-6-10-29-18/h4-10,13-14,17H,11-12H2,1-3H3,(H,23,25)/t14-,17-/m0/s1. The second kappa shape index (κ2) is 8.94. The molecule has 2 atom stereocenters. The molecule has 0 saturated carbocycles. The summed E-state index contributed by atoms with van der Waals surface area (Å²) in [5.74, 6) is -1.79. The smallest absolute Gasteiger partial charge is 0.329 e. The van der Waals surface area contributed by atoms with Crippen LogP contribution in [0.1, 0.15) is 59.7 Å². The number of hydrogen-bond donors (Lipinski definition) is 1. The van der Waals surface area contributed by atoms with Gasteiger partial charge in [-0.25, -0.2) is 4.79 Å². The number of furan rings is 1. The molecule has 0 radical (unpaired) electrons. The van der Waals surface area contributed by atoms with Crippen LogP contribution in [0.15, 0.2) is 47.1 Å². The van der Waals surface area contributed by atoms with E-state index in [-0.39, 0.29) is 23.5 Å². The minimum atomic E-state index is -1.10. The number of fused-ring (bicyclic) bond motifs is 1. The number of carbonyl (C=O) groups excluding carboxylic acids is 4. The van der Waals surface area contributed by atoms with Crippen LogP contribution in [0.5, 0.6) is 0 Å². The normalized spacial score (nSPS) is 15.1. The number of esters is 1. The maximum absolute atomic E-state index is 12.8. The zero-order chi connectivity index (χ0) is 21.8. The Balaban J connectivity index is 1.67. The Morgan fingerprint density at radius 1 is 1.03 bits per heavy atom. The van der Waals surface area contributed by atoms with E-state index in [0.29, 0.717) is 5.76 Å². The van der Waals surface area contributed by atoms with Crippen molar-refractivity contribution in [3.63, 3.8) is 0 Å². The molecular weight excluding hydrogens is 388 g/mol. The Bertz CT molecular complexity index is 915. The van der Waals surface area contributed by atoms with Gasteiger partial charge in [-0.2, -0.15) is 0 Å². The van der Waals surface area contributed by atoms with Crippen molar-refractivity contribution in [3.8, 4) is 0 Å². The molecule has 0 fully saturated rings. The quantitative estimate of drug-likeness (QED) is 0.528. The molecule has 1 aliphatic heterocycles. The first-order chi connectivity index (χ1) is 14.3. The van der Waals surface area contributed by atoms with Crippen LogP contribution in [0.25, 0.3) is 0 Å². The van der Waals surface area contributed by atoms with Crippen molar-refractivity contribution >= 4 is 23.7 Å². The third-order valence-corrected chi connectivity index (χ3v) is 4.80. The molecule has 1 aliphatic rings. The first-order valence-corrected chi connectivity index (χ1v) is 9.76. The second-order valence-corrected chi connectivity index (χ2v) is 7.58. The van der Waals surface area contributed by atoms with Gasteiger partial charge in [0.2, 0.25) is 0 Å². The highest BCUT2D eigenvalue weighted by molar-refractivity contribution is 6.22. The number of amides is 3. The van der Waals surface area contributed by atoms with E-state index in [1.54, 1.807) is 43.3 Å². The molecule has 0 bridgehead atoms. The number of nitrogens with one attached hydrogen (secondary N) is 1. The Kier molecular flexibility index (Phi) is 6.34. The largest absolute Gasteiger partial charge is 0.467 e. The van der Waals surface area contributed by atoms with Crippen LogP contribution in [-0.2, 0) is 14.3 Å². The summed E-state index contributed by atoms with van der Waals surface area (Å²) in [4.78, 5) is 51.4.